The normalized spacial score (nSPS) is 26.2. The van der Waals surface area contributed by atoms with Crippen LogP contribution in [0.25, 0.3) is 0 Å². The van der Waals surface area contributed by atoms with Crippen molar-refractivity contribution in [3.63, 3.8) is 0 Å². The molecule has 0 spiro atoms. The smallest absolute Gasteiger partial charge is 0.320 e. The average molecular weight is 348 g/mol. The lowest BCUT2D eigenvalue weighted by molar-refractivity contribution is -0.144. The third-order valence-electron chi connectivity index (χ3n) is 5.62. The van der Waals surface area contributed by atoms with Crippen LogP contribution in [0.15, 0.2) is 24.3 Å². The predicted molar refractivity (Wildman–Crippen MR) is 91.4 cm³/mol. The summed E-state index contributed by atoms with van der Waals surface area (Å²) >= 11 is 0. The summed E-state index contributed by atoms with van der Waals surface area (Å²) in [4.78, 5) is 27.6. The molecule has 3 rings (SSSR count). The molecule has 0 radical (unpaired) electrons. The minimum atomic E-state index is -0.848. The first kappa shape index (κ1) is 17.9. The maximum absolute atomic E-state index is 13.8. The average Bonchev–Trinajstić information content (AvgIpc) is 2.96. The summed E-state index contributed by atoms with van der Waals surface area (Å²) < 4.78 is 13.8. The van der Waals surface area contributed by atoms with E-state index in [1.54, 1.807) is 25.2 Å². The fraction of sp³-hybridized carbons (Fsp3) is 0.579. The van der Waals surface area contributed by atoms with Crippen molar-refractivity contribution in [3.05, 3.63) is 35.6 Å². The Labute approximate surface area is 147 Å². The molecule has 0 aromatic heterocycles. The topological polar surface area (TPSA) is 60.9 Å². The van der Waals surface area contributed by atoms with E-state index in [4.69, 9.17) is 0 Å². The lowest BCUT2D eigenvalue weighted by atomic mass is 9.85. The van der Waals surface area contributed by atoms with Crippen LogP contribution in [0.3, 0.4) is 0 Å². The number of carboxylic acids is 1. The summed E-state index contributed by atoms with van der Waals surface area (Å²) in [6.07, 6.45) is 4.86. The molecule has 1 aliphatic heterocycles. The number of hydrogen-bond donors (Lipinski definition) is 1. The van der Waals surface area contributed by atoms with Crippen LogP contribution in [-0.4, -0.2) is 52.5 Å². The van der Waals surface area contributed by atoms with Crippen LogP contribution < -0.4 is 0 Å². The second kappa shape index (κ2) is 7.52. The molecule has 1 saturated carbocycles. The summed E-state index contributed by atoms with van der Waals surface area (Å²) in [7, 11) is 1.64. The number of hydrogen-bond acceptors (Lipinski definition) is 3. The second-order valence-electron chi connectivity index (χ2n) is 7.22. The first-order valence-corrected chi connectivity index (χ1v) is 8.93. The number of likely N-dealkylation sites (N-methyl/N-ethyl adjacent to an activating group) is 1. The number of nitrogens with zero attached hydrogens (tertiary/aromatic N) is 2. The van der Waals surface area contributed by atoms with Gasteiger partial charge in [-0.15, -0.1) is 0 Å². The van der Waals surface area contributed by atoms with Crippen molar-refractivity contribution < 1.29 is 19.1 Å². The van der Waals surface area contributed by atoms with Crippen molar-refractivity contribution in [2.24, 2.45) is 5.92 Å². The fourth-order valence-corrected chi connectivity index (χ4v) is 4.27. The van der Waals surface area contributed by atoms with Gasteiger partial charge in [0, 0.05) is 25.2 Å². The summed E-state index contributed by atoms with van der Waals surface area (Å²) in [5, 5.41) is 9.54. The van der Waals surface area contributed by atoms with Gasteiger partial charge in [0.05, 0.1) is 6.54 Å². The van der Waals surface area contributed by atoms with Gasteiger partial charge >= 0.3 is 5.97 Å². The largest absolute Gasteiger partial charge is 0.480 e. The third-order valence-corrected chi connectivity index (χ3v) is 5.62. The van der Waals surface area contributed by atoms with Crippen molar-refractivity contribution >= 4 is 11.9 Å². The predicted octanol–water partition coefficient (Wildman–Crippen LogP) is 2.50. The summed E-state index contributed by atoms with van der Waals surface area (Å²) in [5.74, 6) is -0.974. The minimum Gasteiger partial charge on any atom is -0.480 e. The van der Waals surface area contributed by atoms with Gasteiger partial charge in [-0.25, -0.2) is 4.39 Å². The van der Waals surface area contributed by atoms with Gasteiger partial charge in [-0.3, -0.25) is 14.5 Å². The molecule has 2 aliphatic rings. The van der Waals surface area contributed by atoms with Crippen LogP contribution in [0.1, 0.15) is 37.7 Å². The number of carbonyl (C=O) groups is 2. The van der Waals surface area contributed by atoms with E-state index >= 15 is 0 Å². The van der Waals surface area contributed by atoms with E-state index in [1.165, 1.54) is 11.0 Å². The molecule has 1 saturated heterocycles. The van der Waals surface area contributed by atoms with Gasteiger partial charge in [0.2, 0.25) is 5.91 Å². The Kier molecular flexibility index (Phi) is 5.37. The van der Waals surface area contributed by atoms with E-state index in [0.717, 1.165) is 25.7 Å². The number of carboxylic acid groups (broad SMARTS) is 1. The lowest BCUT2D eigenvalue weighted by Gasteiger charge is -2.33. The number of amides is 1. The highest BCUT2D eigenvalue weighted by Crippen LogP contribution is 2.39. The van der Waals surface area contributed by atoms with E-state index in [-0.39, 0.29) is 30.9 Å². The molecule has 3 atom stereocenters. The van der Waals surface area contributed by atoms with Gasteiger partial charge in [0.25, 0.3) is 0 Å². The Hall–Kier alpha value is -1.95. The first-order chi connectivity index (χ1) is 12.0. The molecular formula is C19H25FN2O3. The molecular weight excluding hydrogens is 323 g/mol. The number of benzene rings is 1. The molecule has 0 unspecified atom stereocenters. The molecule has 6 heteroatoms. The van der Waals surface area contributed by atoms with Crippen molar-refractivity contribution in [1.82, 2.24) is 9.80 Å². The van der Waals surface area contributed by atoms with E-state index in [0.29, 0.717) is 17.9 Å². The molecule has 2 fully saturated rings. The van der Waals surface area contributed by atoms with Crippen LogP contribution in [0.4, 0.5) is 4.39 Å². The zero-order valence-electron chi connectivity index (χ0n) is 14.5. The fourth-order valence-electron chi connectivity index (χ4n) is 4.27. The van der Waals surface area contributed by atoms with Crippen molar-refractivity contribution in [2.45, 2.75) is 50.7 Å². The number of carbonyl (C=O) groups excluding carboxylic acids is 1. The minimum absolute atomic E-state index is 0.0864. The van der Waals surface area contributed by atoms with Crippen LogP contribution in [0.5, 0.6) is 0 Å². The van der Waals surface area contributed by atoms with E-state index < -0.39 is 12.0 Å². The molecule has 1 heterocycles. The lowest BCUT2D eigenvalue weighted by Crippen LogP contribution is -2.47. The third kappa shape index (κ3) is 3.84. The van der Waals surface area contributed by atoms with Crippen LogP contribution in [0, 0.1) is 11.7 Å². The maximum atomic E-state index is 13.8. The molecule has 1 amide bonds. The Balaban J connectivity index is 1.67. The molecule has 1 N–H and O–H groups in total. The van der Waals surface area contributed by atoms with Crippen LogP contribution in [0.2, 0.25) is 0 Å². The quantitative estimate of drug-likeness (QED) is 0.888. The number of fused-ring (bicyclic) bond motifs is 1. The molecule has 1 aromatic carbocycles. The van der Waals surface area contributed by atoms with Gasteiger partial charge in [0.1, 0.15) is 11.9 Å². The van der Waals surface area contributed by atoms with E-state index in [9.17, 15) is 19.1 Å². The number of aliphatic carboxylic acids is 1. The Morgan fingerprint density at radius 1 is 1.28 bits per heavy atom. The molecule has 0 bridgehead atoms. The van der Waals surface area contributed by atoms with Crippen molar-refractivity contribution in [2.75, 3.05) is 13.6 Å². The van der Waals surface area contributed by atoms with Crippen LogP contribution in [-0.2, 0) is 16.1 Å². The highest BCUT2D eigenvalue weighted by Gasteiger charge is 2.45. The van der Waals surface area contributed by atoms with Gasteiger partial charge in [-0.2, -0.15) is 0 Å². The van der Waals surface area contributed by atoms with E-state index in [2.05, 4.69) is 0 Å². The Bertz CT molecular complexity index is 651. The summed E-state index contributed by atoms with van der Waals surface area (Å²) in [6, 6.07) is 5.99. The summed E-state index contributed by atoms with van der Waals surface area (Å²) in [6.45, 7) is 0.272. The van der Waals surface area contributed by atoms with E-state index in [1.807, 2.05) is 4.90 Å². The van der Waals surface area contributed by atoms with Gasteiger partial charge in [0.15, 0.2) is 0 Å². The number of likely N-dealkylation sites (tertiary alicyclic amines) is 1. The summed E-state index contributed by atoms with van der Waals surface area (Å²) in [5.41, 5.74) is 0.463. The highest BCUT2D eigenvalue weighted by molar-refractivity contribution is 5.80. The zero-order chi connectivity index (χ0) is 18.0. The van der Waals surface area contributed by atoms with Crippen LogP contribution >= 0.6 is 0 Å². The zero-order valence-corrected chi connectivity index (χ0v) is 14.5. The Morgan fingerprint density at radius 2 is 2.00 bits per heavy atom. The van der Waals surface area contributed by atoms with Crippen molar-refractivity contribution in [3.8, 4) is 0 Å². The number of halogens is 1. The number of rotatable bonds is 5. The molecule has 1 aromatic rings. The molecule has 1 aliphatic carbocycles. The SMILES string of the molecule is CN(Cc1ccccc1F)C(=O)CN1[C@H](C(=O)O)C[C@@H]2CCCC[C@@H]21. The van der Waals surface area contributed by atoms with Gasteiger partial charge in [-0.1, -0.05) is 31.0 Å². The molecule has 5 nitrogen and oxygen atoms in total. The van der Waals surface area contributed by atoms with Crippen molar-refractivity contribution in [1.29, 1.82) is 0 Å². The standard InChI is InChI=1S/C19H25FN2O3/c1-21(11-14-7-2-4-8-15(14)20)18(23)12-22-16-9-5-3-6-13(16)10-17(22)19(24)25/h2,4,7-8,13,16-17H,3,5-6,9-12H2,1H3,(H,24,25)/t13-,16-,17-/m0/s1. The molecule has 25 heavy (non-hydrogen) atoms. The Morgan fingerprint density at radius 3 is 2.72 bits per heavy atom. The molecule has 136 valence electrons. The first-order valence-electron chi connectivity index (χ1n) is 8.93. The monoisotopic (exact) mass is 348 g/mol. The maximum Gasteiger partial charge on any atom is 0.320 e. The van der Waals surface area contributed by atoms with Gasteiger partial charge < -0.3 is 10.0 Å². The second-order valence-corrected chi connectivity index (χ2v) is 7.22. The highest BCUT2D eigenvalue weighted by atomic mass is 19.1. The van der Waals surface area contributed by atoms with Gasteiger partial charge in [-0.05, 0) is 31.2 Å².